The summed E-state index contributed by atoms with van der Waals surface area (Å²) in [5, 5.41) is 4.08. The van der Waals surface area contributed by atoms with Gasteiger partial charge in [0.2, 0.25) is 0 Å². The fourth-order valence-corrected chi connectivity index (χ4v) is 3.68. The molecular formula is C17H13ClN4OS. The van der Waals surface area contributed by atoms with Gasteiger partial charge in [-0.05, 0) is 24.3 Å². The first-order chi connectivity index (χ1) is 11.7. The van der Waals surface area contributed by atoms with Crippen molar-refractivity contribution in [1.82, 2.24) is 14.5 Å². The largest absolute Gasteiger partial charge is 0.325 e. The molecule has 0 bridgehead atoms. The number of aryl methyl sites for hydroxylation is 1. The van der Waals surface area contributed by atoms with E-state index in [1.165, 1.54) is 0 Å². The number of nitrogens with one attached hydrogen (secondary N) is 1. The number of imidazole rings is 1. The number of rotatable bonds is 3. The number of carbonyl (C=O) groups is 1. The highest BCUT2D eigenvalue weighted by molar-refractivity contribution is 7.99. The maximum atomic E-state index is 12.2. The van der Waals surface area contributed by atoms with Gasteiger partial charge in [-0.25, -0.2) is 9.97 Å². The quantitative estimate of drug-likeness (QED) is 0.722. The molecule has 1 N–H and O–H groups in total. The Morgan fingerprint density at radius 2 is 2.08 bits per heavy atom. The summed E-state index contributed by atoms with van der Waals surface area (Å²) in [5.74, 6) is 0.808. The summed E-state index contributed by atoms with van der Waals surface area (Å²) in [4.78, 5) is 20.8. The minimum absolute atomic E-state index is 0.191. The molecule has 0 aliphatic carbocycles. The van der Waals surface area contributed by atoms with Crippen molar-refractivity contribution >= 4 is 35.0 Å². The van der Waals surface area contributed by atoms with Crippen molar-refractivity contribution in [2.45, 2.75) is 11.7 Å². The molecule has 5 nitrogen and oxygen atoms in total. The van der Waals surface area contributed by atoms with E-state index in [-0.39, 0.29) is 11.1 Å². The Bertz CT molecular complexity index is 886. The van der Waals surface area contributed by atoms with Crippen molar-refractivity contribution in [1.29, 1.82) is 0 Å². The van der Waals surface area contributed by atoms with Crippen LogP contribution >= 0.6 is 23.4 Å². The van der Waals surface area contributed by atoms with E-state index in [0.717, 1.165) is 28.7 Å². The SMILES string of the molecule is O=C(Nc1ccc(-c2cn3c(n2)SCC3)cc1)c1cccnc1Cl. The number of hydrogen-bond donors (Lipinski definition) is 1. The third-order valence-corrected chi connectivity index (χ3v) is 5.02. The number of fused-ring (bicyclic) bond motifs is 1. The van der Waals surface area contributed by atoms with Crippen LogP contribution in [0.5, 0.6) is 0 Å². The van der Waals surface area contributed by atoms with Crippen molar-refractivity contribution in [3.63, 3.8) is 0 Å². The van der Waals surface area contributed by atoms with E-state index in [1.54, 1.807) is 30.1 Å². The van der Waals surface area contributed by atoms with Crippen LogP contribution in [0.25, 0.3) is 11.3 Å². The zero-order valence-electron chi connectivity index (χ0n) is 12.6. The van der Waals surface area contributed by atoms with Crippen LogP contribution < -0.4 is 5.32 Å². The Morgan fingerprint density at radius 3 is 2.83 bits per heavy atom. The second kappa shape index (κ2) is 6.30. The number of thioether (sulfide) groups is 1. The lowest BCUT2D eigenvalue weighted by Gasteiger charge is -2.06. The first kappa shape index (κ1) is 15.2. The molecule has 0 unspecified atom stereocenters. The molecule has 24 heavy (non-hydrogen) atoms. The molecule has 0 radical (unpaired) electrons. The zero-order valence-corrected chi connectivity index (χ0v) is 14.1. The number of halogens is 1. The van der Waals surface area contributed by atoms with Crippen LogP contribution in [-0.2, 0) is 6.54 Å². The lowest BCUT2D eigenvalue weighted by molar-refractivity contribution is 0.102. The Hall–Kier alpha value is -2.31. The van der Waals surface area contributed by atoms with Gasteiger partial charge in [0.1, 0.15) is 5.15 Å². The maximum absolute atomic E-state index is 12.2. The highest BCUT2D eigenvalue weighted by Gasteiger charge is 2.15. The molecule has 3 heterocycles. The van der Waals surface area contributed by atoms with Crippen LogP contribution in [0.15, 0.2) is 53.9 Å². The van der Waals surface area contributed by atoms with Gasteiger partial charge in [0.25, 0.3) is 5.91 Å². The van der Waals surface area contributed by atoms with Crippen LogP contribution in [-0.4, -0.2) is 26.2 Å². The normalized spacial score (nSPS) is 12.9. The number of aromatic nitrogens is 3. The third-order valence-electron chi connectivity index (χ3n) is 3.75. The number of hydrogen-bond acceptors (Lipinski definition) is 4. The van der Waals surface area contributed by atoms with E-state index in [9.17, 15) is 4.79 Å². The van der Waals surface area contributed by atoms with Gasteiger partial charge in [0.15, 0.2) is 5.16 Å². The second-order valence-corrected chi connectivity index (χ2v) is 6.74. The van der Waals surface area contributed by atoms with E-state index < -0.39 is 0 Å². The molecule has 4 rings (SSSR count). The van der Waals surface area contributed by atoms with E-state index in [0.29, 0.717) is 11.3 Å². The number of anilines is 1. The average Bonchev–Trinajstić information content (AvgIpc) is 3.17. The Balaban J connectivity index is 1.51. The summed E-state index contributed by atoms with van der Waals surface area (Å²) in [6.07, 6.45) is 3.62. The van der Waals surface area contributed by atoms with Crippen molar-refractivity contribution in [2.75, 3.05) is 11.1 Å². The van der Waals surface area contributed by atoms with Gasteiger partial charge in [-0.3, -0.25) is 4.79 Å². The first-order valence-electron chi connectivity index (χ1n) is 7.43. The van der Waals surface area contributed by atoms with Crippen LogP contribution in [0, 0.1) is 0 Å². The second-order valence-electron chi connectivity index (χ2n) is 5.32. The van der Waals surface area contributed by atoms with Crippen molar-refractivity contribution in [3.8, 4) is 11.3 Å². The fraction of sp³-hybridized carbons (Fsp3) is 0.118. The average molecular weight is 357 g/mol. The summed E-state index contributed by atoms with van der Waals surface area (Å²) >= 11 is 7.71. The molecule has 3 aromatic rings. The first-order valence-corrected chi connectivity index (χ1v) is 8.79. The van der Waals surface area contributed by atoms with Crippen molar-refractivity contribution in [2.24, 2.45) is 0 Å². The molecule has 2 aromatic heterocycles. The van der Waals surface area contributed by atoms with E-state index in [1.807, 2.05) is 24.3 Å². The predicted molar refractivity (Wildman–Crippen MR) is 95.6 cm³/mol. The maximum Gasteiger partial charge on any atom is 0.258 e. The molecular weight excluding hydrogens is 344 g/mol. The highest BCUT2D eigenvalue weighted by Crippen LogP contribution is 2.29. The van der Waals surface area contributed by atoms with Gasteiger partial charge in [-0.15, -0.1) is 0 Å². The molecule has 120 valence electrons. The van der Waals surface area contributed by atoms with Crippen LogP contribution in [0.3, 0.4) is 0 Å². The molecule has 0 saturated carbocycles. The Kier molecular flexibility index (Phi) is 4.00. The lowest BCUT2D eigenvalue weighted by atomic mass is 10.1. The topological polar surface area (TPSA) is 59.8 Å². The molecule has 0 saturated heterocycles. The van der Waals surface area contributed by atoms with E-state index >= 15 is 0 Å². The third kappa shape index (κ3) is 2.90. The standard InChI is InChI=1S/C17H13ClN4OS/c18-15-13(2-1-7-19-15)16(23)20-12-5-3-11(4-6-12)14-10-22-8-9-24-17(22)21-14/h1-7,10H,8-9H2,(H,20,23). The molecule has 1 amide bonds. The Labute approximate surface area is 148 Å². The van der Waals surface area contributed by atoms with Gasteiger partial charge in [0.05, 0.1) is 11.3 Å². The van der Waals surface area contributed by atoms with E-state index in [2.05, 4.69) is 26.0 Å². The van der Waals surface area contributed by atoms with Gasteiger partial charge >= 0.3 is 0 Å². The van der Waals surface area contributed by atoms with Crippen LogP contribution in [0.1, 0.15) is 10.4 Å². The molecule has 1 aromatic carbocycles. The smallest absolute Gasteiger partial charge is 0.258 e. The summed E-state index contributed by atoms with van der Waals surface area (Å²) in [6, 6.07) is 10.9. The van der Waals surface area contributed by atoms with Gasteiger partial charge in [-0.1, -0.05) is 35.5 Å². The summed E-state index contributed by atoms with van der Waals surface area (Å²) < 4.78 is 2.17. The number of amides is 1. The van der Waals surface area contributed by atoms with Crippen LogP contribution in [0.4, 0.5) is 5.69 Å². The highest BCUT2D eigenvalue weighted by atomic mass is 35.5. The monoisotopic (exact) mass is 356 g/mol. The minimum Gasteiger partial charge on any atom is -0.325 e. The fourth-order valence-electron chi connectivity index (χ4n) is 2.53. The van der Waals surface area contributed by atoms with Crippen molar-refractivity contribution in [3.05, 3.63) is 59.5 Å². The zero-order chi connectivity index (χ0) is 16.5. The molecule has 7 heteroatoms. The van der Waals surface area contributed by atoms with E-state index in [4.69, 9.17) is 11.6 Å². The molecule has 0 atom stereocenters. The lowest BCUT2D eigenvalue weighted by Crippen LogP contribution is -2.12. The van der Waals surface area contributed by atoms with Crippen molar-refractivity contribution < 1.29 is 4.79 Å². The predicted octanol–water partition coefficient (Wildman–Crippen LogP) is 3.96. The summed E-state index contributed by atoms with van der Waals surface area (Å²) in [7, 11) is 0. The van der Waals surface area contributed by atoms with Gasteiger partial charge in [-0.2, -0.15) is 0 Å². The number of nitrogens with zero attached hydrogens (tertiary/aromatic N) is 3. The molecule has 1 aliphatic rings. The van der Waals surface area contributed by atoms with Crippen LogP contribution in [0.2, 0.25) is 5.15 Å². The molecule has 1 aliphatic heterocycles. The number of carbonyl (C=O) groups excluding carboxylic acids is 1. The number of pyridine rings is 1. The molecule has 0 fully saturated rings. The van der Waals surface area contributed by atoms with Gasteiger partial charge in [0, 0.05) is 35.9 Å². The van der Waals surface area contributed by atoms with Gasteiger partial charge < -0.3 is 9.88 Å². The molecule has 0 spiro atoms. The Morgan fingerprint density at radius 1 is 1.25 bits per heavy atom. The summed E-state index contributed by atoms with van der Waals surface area (Å²) in [6.45, 7) is 1.01. The minimum atomic E-state index is -0.279. The number of benzene rings is 1. The summed E-state index contributed by atoms with van der Waals surface area (Å²) in [5.41, 5.74) is 3.02.